The Morgan fingerprint density at radius 1 is 0.625 bits per heavy atom. The van der Waals surface area contributed by atoms with Gasteiger partial charge in [0, 0.05) is 60.1 Å². The summed E-state index contributed by atoms with van der Waals surface area (Å²) in [6.45, 7) is 6.24. The van der Waals surface area contributed by atoms with E-state index in [1.54, 1.807) is 0 Å². The van der Waals surface area contributed by atoms with E-state index in [0.717, 1.165) is 49.9 Å². The highest BCUT2D eigenvalue weighted by Gasteiger charge is 2.00. The molecule has 0 bridgehead atoms. The van der Waals surface area contributed by atoms with Crippen molar-refractivity contribution in [1.82, 2.24) is 0 Å². The second-order valence-corrected chi connectivity index (χ2v) is 7.59. The van der Waals surface area contributed by atoms with Crippen LogP contribution in [0.2, 0.25) is 0 Å². The van der Waals surface area contributed by atoms with E-state index < -0.39 is 0 Å². The zero-order valence-corrected chi connectivity index (χ0v) is 22.0. The number of aryl methyl sites for hydroxylation is 4. The Labute approximate surface area is 214 Å². The van der Waals surface area contributed by atoms with Crippen LogP contribution in [0.1, 0.15) is 47.9 Å². The first-order valence-electron chi connectivity index (χ1n) is 10.7. The van der Waals surface area contributed by atoms with Gasteiger partial charge in [0.25, 0.3) is 0 Å². The van der Waals surface area contributed by atoms with Crippen molar-refractivity contribution in [3.8, 4) is 23.7 Å². The molecule has 0 atom stereocenters. The maximum absolute atomic E-state index is 3.32. The fourth-order valence-electron chi connectivity index (χ4n) is 3.30. The van der Waals surface area contributed by atoms with Crippen molar-refractivity contribution >= 4 is 0 Å². The summed E-state index contributed by atoms with van der Waals surface area (Å²) in [6, 6.07) is 16.6. The summed E-state index contributed by atoms with van der Waals surface area (Å²) in [5.74, 6) is 13.3. The smallest absolute Gasteiger partial charge is 0.171 e. The van der Waals surface area contributed by atoms with Crippen LogP contribution in [0, 0.1) is 37.5 Å². The number of benzene rings is 1. The highest BCUT2D eigenvalue weighted by Crippen LogP contribution is 2.06. The lowest BCUT2D eigenvalue weighted by Crippen LogP contribution is -3.00. The first kappa shape index (κ1) is 27.6. The Balaban J connectivity index is 0.00000256. The van der Waals surface area contributed by atoms with Gasteiger partial charge in [0.05, 0.1) is 0 Å². The minimum absolute atomic E-state index is 0. The second kappa shape index (κ2) is 15.4. The van der Waals surface area contributed by atoms with Gasteiger partial charge in [-0.25, -0.2) is 9.13 Å². The third kappa shape index (κ3) is 9.82. The summed E-state index contributed by atoms with van der Waals surface area (Å²) in [5, 5.41) is 0. The summed E-state index contributed by atoms with van der Waals surface area (Å²) in [7, 11) is 0. The summed E-state index contributed by atoms with van der Waals surface area (Å²) in [6.07, 6.45) is 12.4. The van der Waals surface area contributed by atoms with Crippen molar-refractivity contribution in [3.05, 3.63) is 95.6 Å². The lowest BCUT2D eigenvalue weighted by molar-refractivity contribution is -0.697. The molecule has 3 aromatic rings. The van der Waals surface area contributed by atoms with Gasteiger partial charge in [0.15, 0.2) is 24.8 Å². The fourth-order valence-corrected chi connectivity index (χ4v) is 3.30. The number of hydrogen-bond acceptors (Lipinski definition) is 0. The summed E-state index contributed by atoms with van der Waals surface area (Å²) < 4.78 is 4.46. The number of unbranched alkanes of at least 4 members (excludes halogenated alkanes) is 2. The van der Waals surface area contributed by atoms with E-state index in [9.17, 15) is 0 Å². The Kier molecular flexibility index (Phi) is 13.3. The Morgan fingerprint density at radius 2 is 1.06 bits per heavy atom. The minimum Gasteiger partial charge on any atom is -1.00 e. The molecule has 0 spiro atoms. The molecule has 4 heteroatoms. The zero-order valence-electron chi connectivity index (χ0n) is 18.8. The van der Waals surface area contributed by atoms with Gasteiger partial charge in [-0.2, -0.15) is 0 Å². The van der Waals surface area contributed by atoms with Gasteiger partial charge >= 0.3 is 0 Å². The van der Waals surface area contributed by atoms with Crippen molar-refractivity contribution in [2.75, 3.05) is 0 Å². The molecule has 2 aromatic heterocycles. The molecule has 0 radical (unpaired) electrons. The topological polar surface area (TPSA) is 7.76 Å². The highest BCUT2D eigenvalue weighted by molar-refractivity contribution is 5.49. The molecule has 0 saturated carbocycles. The van der Waals surface area contributed by atoms with E-state index in [4.69, 9.17) is 0 Å². The molecule has 0 aliphatic rings. The predicted molar refractivity (Wildman–Crippen MR) is 121 cm³/mol. The SMILES string of the molecule is Cc1ccc[n+](CCCC#Cc2ccccc2C#CCCC[n+]2cccc(C)c2)c1.[Br-].[Br-]. The molecule has 0 aliphatic heterocycles. The van der Waals surface area contributed by atoms with E-state index >= 15 is 0 Å². The van der Waals surface area contributed by atoms with Gasteiger partial charge in [0.2, 0.25) is 0 Å². The summed E-state index contributed by atoms with van der Waals surface area (Å²) in [5.41, 5.74) is 4.63. The maximum atomic E-state index is 3.32. The van der Waals surface area contributed by atoms with Gasteiger partial charge in [-0.05, 0) is 38.1 Å². The molecule has 3 rings (SSSR count). The van der Waals surface area contributed by atoms with Crippen molar-refractivity contribution in [2.45, 2.75) is 52.6 Å². The van der Waals surface area contributed by atoms with Gasteiger partial charge in [-0.3, -0.25) is 0 Å². The van der Waals surface area contributed by atoms with Crippen LogP contribution in [-0.4, -0.2) is 0 Å². The van der Waals surface area contributed by atoms with Gasteiger partial charge in [0.1, 0.15) is 13.1 Å². The van der Waals surface area contributed by atoms with Crippen LogP contribution in [0.4, 0.5) is 0 Å². The average molecular weight is 554 g/mol. The molecular formula is C28H30Br2N2. The fraction of sp³-hybridized carbons (Fsp3) is 0.286. The number of hydrogen-bond donors (Lipinski definition) is 0. The van der Waals surface area contributed by atoms with Crippen LogP contribution in [-0.2, 0) is 13.1 Å². The van der Waals surface area contributed by atoms with Crippen molar-refractivity contribution in [2.24, 2.45) is 0 Å². The zero-order chi connectivity index (χ0) is 21.0. The average Bonchev–Trinajstić information content (AvgIpc) is 2.74. The standard InChI is InChI=1S/C28H30N2.2BrH/c1-25-13-11-21-29(23-25)19-9-3-5-15-27-17-7-8-18-28(27)16-6-4-10-20-30-22-12-14-26(2)24-30;;/h7-8,11-14,17-18,21-24H,3-4,9-10,19-20H2,1-2H3;2*1H/q+2;;/p-2. The number of halogens is 2. The molecule has 0 fully saturated rings. The van der Waals surface area contributed by atoms with E-state index in [0.29, 0.717) is 0 Å². The molecule has 2 heterocycles. The first-order valence-corrected chi connectivity index (χ1v) is 10.7. The van der Waals surface area contributed by atoms with Crippen LogP contribution in [0.3, 0.4) is 0 Å². The Morgan fingerprint density at radius 3 is 1.47 bits per heavy atom. The van der Waals surface area contributed by atoms with Crippen LogP contribution >= 0.6 is 0 Å². The van der Waals surface area contributed by atoms with Crippen molar-refractivity contribution in [3.63, 3.8) is 0 Å². The van der Waals surface area contributed by atoms with Gasteiger partial charge < -0.3 is 34.0 Å². The third-order valence-corrected chi connectivity index (χ3v) is 4.82. The summed E-state index contributed by atoms with van der Waals surface area (Å²) >= 11 is 0. The van der Waals surface area contributed by atoms with Gasteiger partial charge in [-0.1, -0.05) is 35.8 Å². The largest absolute Gasteiger partial charge is 1.00 e. The summed E-state index contributed by atoms with van der Waals surface area (Å²) in [4.78, 5) is 0. The first-order chi connectivity index (χ1) is 14.7. The van der Waals surface area contributed by atoms with Crippen LogP contribution < -0.4 is 43.1 Å². The third-order valence-electron chi connectivity index (χ3n) is 4.82. The molecule has 0 N–H and O–H groups in total. The number of rotatable bonds is 6. The minimum atomic E-state index is 0. The molecule has 0 unspecified atom stereocenters. The number of nitrogens with zero attached hydrogens (tertiary/aromatic N) is 2. The molecule has 1 aromatic carbocycles. The van der Waals surface area contributed by atoms with Crippen LogP contribution in [0.25, 0.3) is 0 Å². The van der Waals surface area contributed by atoms with E-state index in [2.05, 4.69) is 108 Å². The quantitative estimate of drug-likeness (QED) is 0.200. The molecular weight excluding hydrogens is 524 g/mol. The van der Waals surface area contributed by atoms with Crippen LogP contribution in [0.5, 0.6) is 0 Å². The highest BCUT2D eigenvalue weighted by atomic mass is 79.9. The molecule has 0 saturated heterocycles. The molecule has 2 nitrogen and oxygen atoms in total. The monoisotopic (exact) mass is 552 g/mol. The lowest BCUT2D eigenvalue weighted by Gasteiger charge is -1.97. The maximum Gasteiger partial charge on any atom is 0.171 e. The number of pyridine rings is 2. The lowest BCUT2D eigenvalue weighted by atomic mass is 10.1. The molecule has 166 valence electrons. The van der Waals surface area contributed by atoms with E-state index in [1.807, 2.05) is 12.1 Å². The normalized spacial score (nSPS) is 9.31. The predicted octanol–water partition coefficient (Wildman–Crippen LogP) is -1.45. The van der Waals surface area contributed by atoms with E-state index in [1.165, 1.54) is 11.1 Å². The second-order valence-electron chi connectivity index (χ2n) is 7.59. The molecule has 0 aliphatic carbocycles. The van der Waals surface area contributed by atoms with Crippen molar-refractivity contribution < 1.29 is 43.1 Å². The Bertz CT molecular complexity index is 1010. The molecule has 0 amide bonds. The Hall–Kier alpha value is -2.40. The van der Waals surface area contributed by atoms with Crippen molar-refractivity contribution in [1.29, 1.82) is 0 Å². The van der Waals surface area contributed by atoms with Crippen LogP contribution in [0.15, 0.2) is 73.3 Å². The molecule has 32 heavy (non-hydrogen) atoms. The van der Waals surface area contributed by atoms with Gasteiger partial charge in [-0.15, -0.1) is 0 Å². The number of aromatic nitrogens is 2. The van der Waals surface area contributed by atoms with E-state index in [-0.39, 0.29) is 34.0 Å².